The van der Waals surface area contributed by atoms with Gasteiger partial charge in [0.05, 0.1) is 6.54 Å². The van der Waals surface area contributed by atoms with E-state index in [9.17, 15) is 4.79 Å². The molecule has 1 rings (SSSR count). The van der Waals surface area contributed by atoms with E-state index in [4.69, 9.17) is 11.5 Å². The third-order valence-electron chi connectivity index (χ3n) is 1.85. The Morgan fingerprint density at radius 3 is 2.92 bits per heavy atom. The molecule has 0 aliphatic heterocycles. The predicted octanol–water partition coefficient (Wildman–Crippen LogP) is 0.879. The molecule has 0 atom stereocenters. The number of ketones is 1. The lowest BCUT2D eigenvalue weighted by Gasteiger charge is -2.06. The molecule has 4 N–H and O–H groups in total. The van der Waals surface area contributed by atoms with Crippen molar-refractivity contribution in [3.8, 4) is 0 Å². The predicted molar refractivity (Wildman–Crippen MR) is 54.9 cm³/mol. The largest absolute Gasteiger partial charge is 0.398 e. The molecular weight excluding hydrogens is 164 g/mol. The molecular formula is C10H16N2O. The molecule has 0 aromatic carbocycles. The van der Waals surface area contributed by atoms with Crippen molar-refractivity contribution in [2.24, 2.45) is 11.5 Å². The molecule has 72 valence electrons. The van der Waals surface area contributed by atoms with E-state index < -0.39 is 0 Å². The van der Waals surface area contributed by atoms with Gasteiger partial charge in [-0.15, -0.1) is 0 Å². The maximum Gasteiger partial charge on any atom is 0.171 e. The van der Waals surface area contributed by atoms with Crippen LogP contribution in [0.15, 0.2) is 35.6 Å². The number of hydrogen-bond donors (Lipinski definition) is 2. The standard InChI is InChI=1S/C10H14N2O.H2/c11-7-9(13)6-10(12)8-4-2-1-3-5-8;/h2,4-6H,1,3,7,11-12H2;1H/b10-6-;. The molecule has 0 unspecified atom stereocenters. The van der Waals surface area contributed by atoms with E-state index in [1.807, 2.05) is 18.2 Å². The molecule has 0 bridgehead atoms. The highest BCUT2D eigenvalue weighted by molar-refractivity contribution is 5.92. The fourth-order valence-electron chi connectivity index (χ4n) is 1.14. The summed E-state index contributed by atoms with van der Waals surface area (Å²) in [5.74, 6) is -0.141. The molecule has 0 spiro atoms. The second-order valence-electron chi connectivity index (χ2n) is 2.91. The molecule has 1 aliphatic rings. The minimum Gasteiger partial charge on any atom is -0.398 e. The van der Waals surface area contributed by atoms with Gasteiger partial charge in [-0.1, -0.05) is 18.2 Å². The van der Waals surface area contributed by atoms with Gasteiger partial charge in [0.15, 0.2) is 5.78 Å². The smallest absolute Gasteiger partial charge is 0.171 e. The van der Waals surface area contributed by atoms with Crippen LogP contribution in [-0.2, 0) is 4.79 Å². The Kier molecular flexibility index (Phi) is 3.46. The molecule has 0 saturated carbocycles. The van der Waals surface area contributed by atoms with Gasteiger partial charge < -0.3 is 11.5 Å². The molecule has 1 aliphatic carbocycles. The lowest BCUT2D eigenvalue weighted by atomic mass is 10.0. The number of carbonyl (C=O) groups excluding carboxylic acids is 1. The van der Waals surface area contributed by atoms with Crippen LogP contribution in [0.2, 0.25) is 0 Å². The Bertz CT molecular complexity index is 292. The summed E-state index contributed by atoms with van der Waals surface area (Å²) in [5.41, 5.74) is 12.3. The quantitative estimate of drug-likeness (QED) is 0.633. The Morgan fingerprint density at radius 2 is 2.38 bits per heavy atom. The first kappa shape index (κ1) is 9.74. The summed E-state index contributed by atoms with van der Waals surface area (Å²) in [6, 6.07) is 0. The summed E-state index contributed by atoms with van der Waals surface area (Å²) in [7, 11) is 0. The number of carbonyl (C=O) groups is 1. The van der Waals surface area contributed by atoms with Crippen molar-refractivity contribution in [1.29, 1.82) is 0 Å². The summed E-state index contributed by atoms with van der Waals surface area (Å²) in [6.07, 6.45) is 9.41. The van der Waals surface area contributed by atoms with Crippen LogP contribution in [0.4, 0.5) is 0 Å². The highest BCUT2D eigenvalue weighted by atomic mass is 16.1. The van der Waals surface area contributed by atoms with Crippen LogP contribution in [0.25, 0.3) is 0 Å². The highest BCUT2D eigenvalue weighted by Crippen LogP contribution is 2.13. The normalized spacial score (nSPS) is 17.0. The second-order valence-corrected chi connectivity index (χ2v) is 2.91. The van der Waals surface area contributed by atoms with E-state index in [1.165, 1.54) is 6.08 Å². The number of allylic oxidation sites excluding steroid dienone is 3. The van der Waals surface area contributed by atoms with Crippen molar-refractivity contribution in [2.45, 2.75) is 12.8 Å². The zero-order valence-electron chi connectivity index (χ0n) is 7.49. The van der Waals surface area contributed by atoms with Gasteiger partial charge in [0.25, 0.3) is 0 Å². The zero-order chi connectivity index (χ0) is 9.68. The average Bonchev–Trinajstić information content (AvgIpc) is 2.19. The summed E-state index contributed by atoms with van der Waals surface area (Å²) in [6.45, 7) is 0.0116. The SMILES string of the molecule is NCC(=O)/C=C(\N)C1=CCCC=C1.[HH]. The Balaban J connectivity index is 0.00000169. The second kappa shape index (κ2) is 4.62. The maximum atomic E-state index is 10.9. The van der Waals surface area contributed by atoms with Crippen LogP contribution in [0.1, 0.15) is 14.3 Å². The van der Waals surface area contributed by atoms with Crippen LogP contribution in [0.5, 0.6) is 0 Å². The minimum absolute atomic E-state index is 0. The lowest BCUT2D eigenvalue weighted by Crippen LogP contribution is -2.13. The third kappa shape index (κ3) is 2.87. The molecule has 0 aromatic rings. The molecule has 0 heterocycles. The van der Waals surface area contributed by atoms with Crippen molar-refractivity contribution in [1.82, 2.24) is 0 Å². The van der Waals surface area contributed by atoms with Crippen molar-refractivity contribution < 1.29 is 6.22 Å². The maximum absolute atomic E-state index is 10.9. The first-order valence-corrected chi connectivity index (χ1v) is 4.31. The Hall–Kier alpha value is -1.35. The summed E-state index contributed by atoms with van der Waals surface area (Å²) < 4.78 is 0. The number of rotatable bonds is 3. The van der Waals surface area contributed by atoms with Crippen LogP contribution >= 0.6 is 0 Å². The van der Waals surface area contributed by atoms with Crippen LogP contribution in [-0.4, -0.2) is 12.3 Å². The van der Waals surface area contributed by atoms with Gasteiger partial charge in [-0.05, 0) is 18.4 Å². The van der Waals surface area contributed by atoms with Crippen molar-refractivity contribution in [2.75, 3.05) is 6.54 Å². The highest BCUT2D eigenvalue weighted by Gasteiger charge is 2.02. The van der Waals surface area contributed by atoms with Crippen molar-refractivity contribution in [3.63, 3.8) is 0 Å². The molecule has 0 aromatic heterocycles. The zero-order valence-corrected chi connectivity index (χ0v) is 7.49. The molecule has 13 heavy (non-hydrogen) atoms. The van der Waals surface area contributed by atoms with E-state index in [2.05, 4.69) is 0 Å². The summed E-state index contributed by atoms with van der Waals surface area (Å²) in [4.78, 5) is 10.9. The third-order valence-corrected chi connectivity index (χ3v) is 1.85. The van der Waals surface area contributed by atoms with E-state index >= 15 is 0 Å². The van der Waals surface area contributed by atoms with Crippen molar-refractivity contribution in [3.05, 3.63) is 35.6 Å². The average molecular weight is 180 g/mol. The number of nitrogens with two attached hydrogens (primary N) is 2. The monoisotopic (exact) mass is 180 g/mol. The van der Waals surface area contributed by atoms with Gasteiger partial charge in [-0.25, -0.2) is 0 Å². The van der Waals surface area contributed by atoms with Crippen molar-refractivity contribution >= 4 is 5.78 Å². The van der Waals surface area contributed by atoms with Gasteiger partial charge in [0.2, 0.25) is 0 Å². The van der Waals surface area contributed by atoms with Crippen LogP contribution in [0.3, 0.4) is 0 Å². The first-order chi connectivity index (χ1) is 6.24. The molecule has 0 radical (unpaired) electrons. The van der Waals surface area contributed by atoms with Gasteiger partial charge >= 0.3 is 0 Å². The molecule has 0 amide bonds. The Labute approximate surface area is 79.3 Å². The molecule has 3 heteroatoms. The van der Waals surface area contributed by atoms with Crippen LogP contribution < -0.4 is 11.5 Å². The van der Waals surface area contributed by atoms with Crippen LogP contribution in [0, 0.1) is 0 Å². The first-order valence-electron chi connectivity index (χ1n) is 4.31. The molecule has 0 fully saturated rings. The van der Waals surface area contributed by atoms with Gasteiger partial charge in [-0.2, -0.15) is 0 Å². The minimum atomic E-state index is -0.141. The summed E-state index contributed by atoms with van der Waals surface area (Å²) in [5, 5.41) is 0. The fraction of sp³-hybridized carbons (Fsp3) is 0.300. The summed E-state index contributed by atoms with van der Waals surface area (Å²) >= 11 is 0. The van der Waals surface area contributed by atoms with E-state index in [-0.39, 0.29) is 13.8 Å². The number of hydrogen-bond acceptors (Lipinski definition) is 3. The van der Waals surface area contributed by atoms with E-state index in [0.717, 1.165) is 18.4 Å². The van der Waals surface area contributed by atoms with E-state index in [0.29, 0.717) is 5.70 Å². The molecule has 0 saturated heterocycles. The van der Waals surface area contributed by atoms with Gasteiger partial charge in [0, 0.05) is 13.2 Å². The Morgan fingerprint density at radius 1 is 1.62 bits per heavy atom. The van der Waals surface area contributed by atoms with E-state index in [1.54, 1.807) is 0 Å². The van der Waals surface area contributed by atoms with Gasteiger partial charge in [-0.3, -0.25) is 4.79 Å². The fourth-order valence-corrected chi connectivity index (χ4v) is 1.14. The van der Waals surface area contributed by atoms with Gasteiger partial charge in [0.1, 0.15) is 0 Å². The topological polar surface area (TPSA) is 69.1 Å². The lowest BCUT2D eigenvalue weighted by molar-refractivity contribution is -0.113. The molecule has 3 nitrogen and oxygen atoms in total.